The first-order chi connectivity index (χ1) is 17.1. The molecule has 0 aliphatic carbocycles. The summed E-state index contributed by atoms with van der Waals surface area (Å²) >= 11 is 5.42. The van der Waals surface area contributed by atoms with E-state index in [1.807, 2.05) is 52.8 Å². The fraction of sp³-hybridized carbons (Fsp3) is 0.667. The molecule has 3 unspecified atom stereocenters. The Bertz CT molecular complexity index is 1020. The normalized spacial score (nSPS) is 31.6. The van der Waals surface area contributed by atoms with Crippen LogP contribution in [0.1, 0.15) is 51.2 Å². The van der Waals surface area contributed by atoms with Crippen LogP contribution in [-0.2, 0) is 14.4 Å². The van der Waals surface area contributed by atoms with E-state index >= 15 is 0 Å². The quantitative estimate of drug-likeness (QED) is 0.388. The maximum atomic E-state index is 14.2. The molecule has 0 aromatic heterocycles. The van der Waals surface area contributed by atoms with Crippen molar-refractivity contribution in [2.24, 2.45) is 17.8 Å². The summed E-state index contributed by atoms with van der Waals surface area (Å²) in [5, 5.41) is 16.5. The smallest absolute Gasteiger partial charge is 0.248 e. The van der Waals surface area contributed by atoms with E-state index in [1.165, 1.54) is 0 Å². The number of halogens is 1. The van der Waals surface area contributed by atoms with Crippen molar-refractivity contribution in [3.8, 4) is 0 Å². The lowest BCUT2D eigenvalue weighted by atomic mass is 9.70. The van der Waals surface area contributed by atoms with Gasteiger partial charge in [0, 0.05) is 22.3 Å². The van der Waals surface area contributed by atoms with Crippen LogP contribution in [-0.4, -0.2) is 67.8 Å². The summed E-state index contributed by atoms with van der Waals surface area (Å²) in [5.74, 6) is -1.40. The first-order valence-corrected chi connectivity index (χ1v) is 14.8. The number of hydrogen-bond donors (Lipinski definition) is 3. The number of nitrogens with zero attached hydrogens (tertiary/aromatic N) is 1. The van der Waals surface area contributed by atoms with E-state index in [4.69, 9.17) is 0 Å². The number of anilines is 1. The second kappa shape index (κ2) is 10.7. The SMILES string of the molecule is CCCNC(=O)[C@H]1[C@@H]2SC3(CC2Br)C(C(=O)Nc2c(C)cccc2C)N([C@@H](CO)CC(C)C)C(=O)[C@H]13. The van der Waals surface area contributed by atoms with E-state index in [0.717, 1.165) is 23.2 Å². The highest BCUT2D eigenvalue weighted by atomic mass is 79.9. The van der Waals surface area contributed by atoms with Gasteiger partial charge in [0.1, 0.15) is 6.04 Å². The predicted octanol–water partition coefficient (Wildman–Crippen LogP) is 3.64. The van der Waals surface area contributed by atoms with Gasteiger partial charge in [-0.3, -0.25) is 14.4 Å². The van der Waals surface area contributed by atoms with Crippen LogP contribution >= 0.6 is 27.7 Å². The fourth-order valence-corrected chi connectivity index (χ4v) is 10.0. The van der Waals surface area contributed by atoms with Gasteiger partial charge in [-0.05, 0) is 50.2 Å². The van der Waals surface area contributed by atoms with Crippen LogP contribution in [0.2, 0.25) is 0 Å². The van der Waals surface area contributed by atoms with Crippen LogP contribution in [0.4, 0.5) is 5.69 Å². The van der Waals surface area contributed by atoms with Gasteiger partial charge in [0.25, 0.3) is 0 Å². The third-order valence-electron chi connectivity index (χ3n) is 7.90. The van der Waals surface area contributed by atoms with Gasteiger partial charge in [0.15, 0.2) is 0 Å². The second-order valence-corrected chi connectivity index (χ2v) is 13.6. The minimum atomic E-state index is -0.774. The third-order valence-corrected chi connectivity index (χ3v) is 11.1. The number of para-hydroxylation sites is 1. The molecule has 7 nitrogen and oxygen atoms in total. The summed E-state index contributed by atoms with van der Waals surface area (Å²) < 4.78 is -0.727. The first kappa shape index (κ1) is 27.5. The number of aliphatic hydroxyl groups excluding tert-OH is 1. The van der Waals surface area contributed by atoms with Crippen molar-refractivity contribution in [1.29, 1.82) is 0 Å². The summed E-state index contributed by atoms with van der Waals surface area (Å²) in [6.45, 7) is 10.3. The number of hydrogen-bond acceptors (Lipinski definition) is 5. The third kappa shape index (κ3) is 4.49. The molecule has 3 saturated heterocycles. The number of alkyl halides is 1. The summed E-state index contributed by atoms with van der Waals surface area (Å²) in [7, 11) is 0. The Kier molecular flexibility index (Phi) is 8.12. The van der Waals surface area contributed by atoms with Crippen LogP contribution in [0.15, 0.2) is 18.2 Å². The number of benzene rings is 1. The van der Waals surface area contributed by atoms with E-state index in [0.29, 0.717) is 19.4 Å². The number of carbonyl (C=O) groups is 3. The maximum Gasteiger partial charge on any atom is 0.248 e. The van der Waals surface area contributed by atoms with Gasteiger partial charge in [-0.2, -0.15) is 0 Å². The minimum absolute atomic E-state index is 0.0250. The van der Waals surface area contributed by atoms with Crippen LogP contribution in [0.3, 0.4) is 0 Å². The molecular formula is C27H38BrN3O4S. The van der Waals surface area contributed by atoms with Crippen LogP contribution < -0.4 is 10.6 Å². The monoisotopic (exact) mass is 579 g/mol. The molecule has 3 fully saturated rings. The Morgan fingerprint density at radius 3 is 2.50 bits per heavy atom. The number of carbonyl (C=O) groups excluding carboxylic acids is 3. The number of aryl methyl sites for hydroxylation is 2. The summed E-state index contributed by atoms with van der Waals surface area (Å²) in [5.41, 5.74) is 2.66. The van der Waals surface area contributed by atoms with Crippen molar-refractivity contribution in [3.63, 3.8) is 0 Å². The fourth-order valence-electron chi connectivity index (χ4n) is 6.45. The number of fused-ring (bicyclic) bond motifs is 1. The molecule has 0 saturated carbocycles. The Hall–Kier alpha value is -1.58. The molecule has 198 valence electrons. The Balaban J connectivity index is 1.78. The lowest BCUT2D eigenvalue weighted by Gasteiger charge is -2.38. The Morgan fingerprint density at radius 2 is 1.92 bits per heavy atom. The zero-order chi connectivity index (χ0) is 26.4. The molecule has 1 aromatic carbocycles. The molecule has 0 radical (unpaired) electrons. The predicted molar refractivity (Wildman–Crippen MR) is 147 cm³/mol. The van der Waals surface area contributed by atoms with Crippen molar-refractivity contribution in [1.82, 2.24) is 10.2 Å². The number of amides is 3. The second-order valence-electron chi connectivity index (χ2n) is 10.9. The molecule has 3 amide bonds. The van der Waals surface area contributed by atoms with Gasteiger partial charge in [-0.25, -0.2) is 0 Å². The zero-order valence-corrected chi connectivity index (χ0v) is 24.1. The standard InChI is InChI=1S/C27H38BrN3O4S/c1-6-10-29-24(33)19-20-26(35)31(17(13-32)11-14(2)3)23(27(20)12-18(28)22(19)36-27)25(34)30-21-15(4)8-7-9-16(21)5/h7-9,14,17-20,22-23,32H,6,10-13H2,1-5H3,(H,29,33)(H,30,34)/t17-,18?,19-,20+,22-,23?,27?/m1/s1. The van der Waals surface area contributed by atoms with E-state index in [9.17, 15) is 19.5 Å². The Morgan fingerprint density at radius 1 is 1.25 bits per heavy atom. The van der Waals surface area contributed by atoms with Crippen molar-refractivity contribution in [3.05, 3.63) is 29.3 Å². The molecule has 9 heteroatoms. The largest absolute Gasteiger partial charge is 0.394 e. The molecule has 2 bridgehead atoms. The topological polar surface area (TPSA) is 98.7 Å². The minimum Gasteiger partial charge on any atom is -0.394 e. The molecule has 1 aromatic rings. The van der Waals surface area contributed by atoms with E-state index in [1.54, 1.807) is 16.7 Å². The van der Waals surface area contributed by atoms with Crippen molar-refractivity contribution >= 4 is 51.1 Å². The summed E-state index contributed by atoms with van der Waals surface area (Å²) in [4.78, 5) is 43.3. The van der Waals surface area contributed by atoms with Gasteiger partial charge < -0.3 is 20.6 Å². The molecule has 3 aliphatic rings. The van der Waals surface area contributed by atoms with Crippen LogP contribution in [0.25, 0.3) is 0 Å². The molecule has 3 N–H and O–H groups in total. The highest BCUT2D eigenvalue weighted by Crippen LogP contribution is 2.68. The number of nitrogens with one attached hydrogen (secondary N) is 2. The van der Waals surface area contributed by atoms with Gasteiger partial charge >= 0.3 is 0 Å². The van der Waals surface area contributed by atoms with Gasteiger partial charge in [-0.15, -0.1) is 11.8 Å². The molecule has 1 spiro atoms. The highest BCUT2D eigenvalue weighted by Gasteiger charge is 2.76. The van der Waals surface area contributed by atoms with Crippen LogP contribution in [0, 0.1) is 31.6 Å². The van der Waals surface area contributed by atoms with Gasteiger partial charge in [-0.1, -0.05) is 54.9 Å². The number of likely N-dealkylation sites (tertiary alicyclic amines) is 1. The first-order valence-electron chi connectivity index (χ1n) is 13.0. The van der Waals surface area contributed by atoms with E-state index < -0.39 is 28.7 Å². The average Bonchev–Trinajstić information content (AvgIpc) is 3.41. The maximum absolute atomic E-state index is 14.2. The highest BCUT2D eigenvalue weighted by molar-refractivity contribution is 9.09. The molecule has 3 aliphatic heterocycles. The molecule has 4 rings (SSSR count). The van der Waals surface area contributed by atoms with E-state index in [-0.39, 0.29) is 40.3 Å². The number of rotatable bonds is 9. The number of aliphatic hydroxyl groups is 1. The van der Waals surface area contributed by atoms with Crippen molar-refractivity contribution in [2.75, 3.05) is 18.5 Å². The molecule has 36 heavy (non-hydrogen) atoms. The van der Waals surface area contributed by atoms with Crippen molar-refractivity contribution < 1.29 is 19.5 Å². The lowest BCUT2D eigenvalue weighted by Crippen LogP contribution is -2.55. The van der Waals surface area contributed by atoms with Crippen molar-refractivity contribution in [2.45, 2.75) is 80.8 Å². The number of thioether (sulfide) groups is 1. The average molecular weight is 581 g/mol. The summed E-state index contributed by atoms with van der Waals surface area (Å²) in [6.07, 6.45) is 2.01. The summed E-state index contributed by atoms with van der Waals surface area (Å²) in [6, 6.07) is 4.60. The molecule has 7 atom stereocenters. The molecular weight excluding hydrogens is 542 g/mol. The molecule has 3 heterocycles. The Labute approximate surface area is 226 Å². The zero-order valence-electron chi connectivity index (χ0n) is 21.7. The van der Waals surface area contributed by atoms with Crippen LogP contribution in [0.5, 0.6) is 0 Å². The lowest BCUT2D eigenvalue weighted by molar-refractivity contribution is -0.142. The van der Waals surface area contributed by atoms with E-state index in [2.05, 4.69) is 26.6 Å². The van der Waals surface area contributed by atoms with Gasteiger partial charge in [0.05, 0.1) is 29.2 Å². The van der Waals surface area contributed by atoms with Gasteiger partial charge in [0.2, 0.25) is 17.7 Å².